The molecule has 32 nitrogen and oxygen atoms in total. The van der Waals surface area contributed by atoms with E-state index < -0.39 is 11.0 Å². The van der Waals surface area contributed by atoms with Gasteiger partial charge in [0.25, 0.3) is 16.7 Å². The van der Waals surface area contributed by atoms with Gasteiger partial charge in [-0.1, -0.05) is 95.8 Å². The summed E-state index contributed by atoms with van der Waals surface area (Å²) in [7, 11) is 3.15. The number of aryl methyl sites for hydroxylation is 3. The van der Waals surface area contributed by atoms with Gasteiger partial charge in [-0.3, -0.25) is 51.5 Å². The Hall–Kier alpha value is -11.5. The molecule has 0 bridgehead atoms. The van der Waals surface area contributed by atoms with E-state index >= 15 is 0 Å². The number of hydrogen-bond acceptors (Lipinski definition) is 22. The highest BCUT2D eigenvalue weighted by molar-refractivity contribution is 7.96. The highest BCUT2D eigenvalue weighted by Crippen LogP contribution is 2.41. The van der Waals surface area contributed by atoms with Gasteiger partial charge in [-0.15, -0.1) is 0 Å². The first kappa shape index (κ1) is 106. The maximum absolute atomic E-state index is 14.8. The first-order valence-corrected chi connectivity index (χ1v) is 52.8. The summed E-state index contributed by atoms with van der Waals surface area (Å²) in [6.45, 7) is 26.8. The predicted molar refractivity (Wildman–Crippen MR) is 571 cm³/mol. The zero-order valence-electron chi connectivity index (χ0n) is 83.7. The van der Waals surface area contributed by atoms with Crippen LogP contribution in [0.2, 0.25) is 5.02 Å². The molecule has 35 heteroatoms. The van der Waals surface area contributed by atoms with Crippen molar-refractivity contribution in [3.8, 4) is 33.4 Å². The van der Waals surface area contributed by atoms with Gasteiger partial charge in [0.1, 0.15) is 16.9 Å². The molecule has 3 amide bonds. The number of pyridine rings is 3. The smallest absolute Gasteiger partial charge is 0.260 e. The third-order valence-corrected chi connectivity index (χ3v) is 31.7. The van der Waals surface area contributed by atoms with Crippen LogP contribution in [-0.4, -0.2) is 245 Å². The molecule has 142 heavy (non-hydrogen) atoms. The van der Waals surface area contributed by atoms with Crippen LogP contribution in [0.1, 0.15) is 173 Å². The topological polar surface area (TPSA) is 404 Å². The van der Waals surface area contributed by atoms with Crippen LogP contribution in [0.4, 0.5) is 34.9 Å². The number of halogens is 1. The molecule has 5 aromatic carbocycles. The van der Waals surface area contributed by atoms with E-state index in [2.05, 4.69) is 151 Å². The van der Waals surface area contributed by atoms with Crippen LogP contribution in [-0.2, 0) is 57.7 Å². The fourth-order valence-electron chi connectivity index (χ4n) is 21.6. The number of carbonyl (C=O) groups is 3. The second-order valence-electron chi connectivity index (χ2n) is 39.1. The third-order valence-electron chi connectivity index (χ3n) is 29.4. The normalized spacial score (nSPS) is 18.6. The second-order valence-corrected chi connectivity index (χ2v) is 41.9. The molecule has 0 radical (unpaired) electrons. The van der Waals surface area contributed by atoms with Gasteiger partial charge in [0, 0.05) is 202 Å². The first-order chi connectivity index (χ1) is 67.2. The minimum absolute atomic E-state index is 0. The summed E-state index contributed by atoms with van der Waals surface area (Å²) in [5.41, 5.74) is 17.6. The van der Waals surface area contributed by atoms with Crippen molar-refractivity contribution in [1.29, 1.82) is 0 Å². The molecule has 7 saturated heterocycles. The van der Waals surface area contributed by atoms with Crippen molar-refractivity contribution in [1.82, 2.24) is 92.2 Å². The Morgan fingerprint density at radius 2 is 1.04 bits per heavy atom. The number of hydrogen-bond donors (Lipinski definition) is 5. The van der Waals surface area contributed by atoms with E-state index in [1.807, 2.05) is 105 Å². The summed E-state index contributed by atoms with van der Waals surface area (Å²) in [4.78, 5) is 115. The van der Waals surface area contributed by atoms with Gasteiger partial charge in [-0.05, 0) is 295 Å². The fourth-order valence-corrected chi connectivity index (χ4v) is 22.9. The summed E-state index contributed by atoms with van der Waals surface area (Å²) < 4.78 is 23.7. The Labute approximate surface area is 842 Å². The van der Waals surface area contributed by atoms with E-state index in [-0.39, 0.29) is 74.7 Å². The van der Waals surface area contributed by atoms with Gasteiger partial charge in [-0.2, -0.15) is 20.1 Å². The molecule has 7 aliphatic rings. The number of carbonyl (C=O) groups excluding carboxylic acids is 3. The number of likely N-dealkylation sites (N-methyl/N-ethyl adjacent to an activating group) is 1. The van der Waals surface area contributed by atoms with Crippen molar-refractivity contribution < 1.29 is 35.0 Å². The Morgan fingerprint density at radius 1 is 0.514 bits per heavy atom. The molecule has 5 unspecified atom stereocenters. The van der Waals surface area contributed by atoms with Crippen molar-refractivity contribution in [3.05, 3.63) is 227 Å². The average Bonchev–Trinajstić information content (AvgIpc) is 1.62. The van der Waals surface area contributed by atoms with Gasteiger partial charge in [0.05, 0.1) is 28.3 Å². The molecule has 11 N–H and O–H groups in total. The van der Waals surface area contributed by atoms with Gasteiger partial charge in [0.2, 0.25) is 35.6 Å². The fraction of sp³-hybridized carbons (Fsp3) is 0.467. The Bertz CT molecular complexity index is 6660. The predicted octanol–water partition coefficient (Wildman–Crippen LogP) is 13.9. The summed E-state index contributed by atoms with van der Waals surface area (Å²) in [5.74, 6) is 4.25. The Morgan fingerprint density at radius 3 is 1.58 bits per heavy atom. The van der Waals surface area contributed by atoms with Gasteiger partial charge in [0.15, 0.2) is 0 Å². The largest absolute Gasteiger partial charge is 0.412 e. The number of piperidine rings is 5. The van der Waals surface area contributed by atoms with Crippen LogP contribution in [0.5, 0.6) is 0 Å². The lowest BCUT2D eigenvalue weighted by atomic mass is 9.83. The number of amides is 3. The summed E-state index contributed by atoms with van der Waals surface area (Å²) >= 11 is 8.43. The number of aromatic nitrogens is 11. The lowest BCUT2D eigenvalue weighted by Crippen LogP contribution is -2.38. The summed E-state index contributed by atoms with van der Waals surface area (Å²) in [6.07, 6.45) is 24.5. The second kappa shape index (κ2) is 48.2. The van der Waals surface area contributed by atoms with E-state index in [0.29, 0.717) is 133 Å². The van der Waals surface area contributed by atoms with Crippen molar-refractivity contribution in [2.45, 2.75) is 182 Å². The lowest BCUT2D eigenvalue weighted by Gasteiger charge is -2.33. The number of rotatable bonds is 25. The Kier molecular flexibility index (Phi) is 36.1. The van der Waals surface area contributed by atoms with Crippen molar-refractivity contribution >= 4 is 120 Å². The maximum atomic E-state index is 14.8. The molecular weight excluding hydrogens is 1850 g/mol. The standard InChI is InChI=1S/C39H49N7O3S.C34H39ClN6O2.C34H45N9O2S.3H2O/c1-26-4-9-34(35(22-26)30-12-18-44(19-13-30)27(2)47)36-24-31-25-41-39(42-32-7-5-28(6-8-32)23-29-10-16-40-17-11-29)43-37(31)46(38(36)48)33-14-20-45(21-15-33)50(3)49;1-4-41-32-27(19-36-34(38-32)37-28-10-7-23(8-11-28)16-24-13-15-39(3)20-24)17-30(33(41)43)29-12-9-25(18-31(29)35)26-6-5-14-40(21-26)22(2)42;1-22-31(23(2)43(39-22)29-12-14-41(21-29)24(3)44)30-18-27-20-36-34(38-32(27)42(33(30)45)16-15-40(4)46-5)37-28-10-8-25(9-11-28)17-26-7-6-13-35-19-26;;;/h4-9,22,24-25,29-30,33,40H,10-21,23H2,1-3H3,(H,41,42,43);7-12,17-19,24,26H,4-6,13-16,20-21H2,1-3H3,(H,36,37,38);8-11,18,20,26,29,35H,6-7,12-17,19,21H2,1-5H3,(H,36,37,38);3*1H2. The van der Waals surface area contributed by atoms with Crippen LogP contribution in [0.15, 0.2) is 160 Å². The third kappa shape index (κ3) is 25.1. The lowest BCUT2D eigenvalue weighted by molar-refractivity contribution is -0.130. The van der Waals surface area contributed by atoms with E-state index in [9.17, 15) is 33.0 Å². The quantitative estimate of drug-likeness (QED) is 0.0332. The maximum Gasteiger partial charge on any atom is 0.260 e. The highest BCUT2D eigenvalue weighted by Gasteiger charge is 2.34. The zero-order valence-corrected chi connectivity index (χ0v) is 86.1. The molecular formula is C107H139ClN22O10S2. The number of benzene rings is 5. The van der Waals surface area contributed by atoms with Crippen LogP contribution >= 0.6 is 23.5 Å². The molecule has 12 aromatic rings. The first-order valence-electron chi connectivity index (χ1n) is 49.7. The van der Waals surface area contributed by atoms with Crippen molar-refractivity contribution in [2.24, 2.45) is 17.8 Å². The molecule has 0 aliphatic carbocycles. The van der Waals surface area contributed by atoms with E-state index in [1.165, 1.54) is 55.3 Å². The average molecular weight is 1990 g/mol. The molecule has 5 atom stereocenters. The van der Waals surface area contributed by atoms with Gasteiger partial charge < -0.3 is 62.6 Å². The molecule has 7 aromatic heterocycles. The molecule has 7 aliphatic heterocycles. The number of anilines is 6. The van der Waals surface area contributed by atoms with Crippen LogP contribution < -0.4 is 43.3 Å². The number of nitrogens with one attached hydrogen (secondary N) is 5. The summed E-state index contributed by atoms with van der Waals surface area (Å²) in [5, 5.41) is 24.8. The molecule has 0 saturated carbocycles. The van der Waals surface area contributed by atoms with E-state index in [1.54, 1.807) is 60.5 Å². The molecule has 0 spiro atoms. The zero-order chi connectivity index (χ0) is 97.2. The molecule has 19 rings (SSSR count). The molecule has 756 valence electrons. The van der Waals surface area contributed by atoms with E-state index in [0.717, 1.165) is 189 Å². The monoisotopic (exact) mass is 1990 g/mol. The number of fused-ring (bicyclic) bond motifs is 3. The number of nitrogens with zero attached hydrogens (tertiary/aromatic N) is 17. The van der Waals surface area contributed by atoms with Crippen LogP contribution in [0, 0.1) is 38.5 Å². The Balaban J connectivity index is 0.000000168. The number of likely N-dealkylation sites (tertiary alicyclic amines) is 4. The SMILES string of the molecule is CC(=O)N1CCC(c2cc(C)ccc2-c2cc3cnc(Nc4ccc(CC5CCNCC5)cc4)nc3n(C3CCN(S(C)=O)CC3)c2=O)CC1.CCn1c(=O)c(-c2ccc(C3CCCN(C(C)=O)C3)cc2Cl)cc2cnc(Nc3ccc(CC4CCN(C)C4)cc3)nc21.CSN(C)CCn1c(=O)c(-c2c(C)nn(C3CCN(C(C)=O)C3)c2C)cc2cnc(Nc3ccc(CC4CCCNC4)cc3)nc21.O.O.O. The molecule has 7 fully saturated rings. The highest BCUT2D eigenvalue weighted by atomic mass is 35.5. The van der Waals surface area contributed by atoms with Crippen LogP contribution in [0.25, 0.3) is 66.5 Å². The van der Waals surface area contributed by atoms with Crippen molar-refractivity contribution in [2.75, 3.05) is 141 Å². The van der Waals surface area contributed by atoms with E-state index in [4.69, 9.17) is 36.6 Å². The minimum atomic E-state index is -1.05. The minimum Gasteiger partial charge on any atom is -0.412 e. The van der Waals surface area contributed by atoms with Crippen LogP contribution in [0.3, 0.4) is 0 Å². The molecule has 14 heterocycles. The van der Waals surface area contributed by atoms with Gasteiger partial charge in [-0.25, -0.2) is 23.5 Å². The van der Waals surface area contributed by atoms with Gasteiger partial charge >= 0.3 is 0 Å². The van der Waals surface area contributed by atoms with Crippen molar-refractivity contribution in [3.63, 3.8) is 0 Å². The summed E-state index contributed by atoms with van der Waals surface area (Å²) in [6, 6.07) is 43.5.